The van der Waals surface area contributed by atoms with Gasteiger partial charge in [0, 0.05) is 29.2 Å². The Kier molecular flexibility index (Phi) is 8.57. The van der Waals surface area contributed by atoms with E-state index in [1.807, 2.05) is 19.1 Å². The molecule has 4 amide bonds. The van der Waals surface area contributed by atoms with Gasteiger partial charge < -0.3 is 21.3 Å². The van der Waals surface area contributed by atoms with E-state index in [2.05, 4.69) is 37.2 Å². The van der Waals surface area contributed by atoms with Crippen molar-refractivity contribution in [2.45, 2.75) is 51.5 Å². The smallest absolute Gasteiger partial charge is 0.315 e. The Balaban J connectivity index is 1.59. The van der Waals surface area contributed by atoms with E-state index in [1.54, 1.807) is 6.07 Å². The molecule has 0 spiro atoms. The first-order valence-electron chi connectivity index (χ1n) is 9.31. The van der Waals surface area contributed by atoms with Gasteiger partial charge >= 0.3 is 6.03 Å². The Morgan fingerprint density at radius 3 is 2.52 bits per heavy atom. The van der Waals surface area contributed by atoms with Crippen molar-refractivity contribution in [3.8, 4) is 0 Å². The highest BCUT2D eigenvalue weighted by Gasteiger charge is 2.15. The van der Waals surface area contributed by atoms with Gasteiger partial charge in [-0.2, -0.15) is 0 Å². The minimum absolute atomic E-state index is 0.109. The molecule has 1 aliphatic rings. The number of halogens is 1. The molecule has 0 atom stereocenters. The van der Waals surface area contributed by atoms with Crippen molar-refractivity contribution in [1.82, 2.24) is 16.0 Å². The number of nitrogens with one attached hydrogen (secondary N) is 4. The van der Waals surface area contributed by atoms with Crippen molar-refractivity contribution in [3.63, 3.8) is 0 Å². The topological polar surface area (TPSA) is 99.3 Å². The summed E-state index contributed by atoms with van der Waals surface area (Å²) in [6, 6.07) is 5.54. The van der Waals surface area contributed by atoms with Crippen LogP contribution in [0.25, 0.3) is 0 Å². The number of benzene rings is 1. The van der Waals surface area contributed by atoms with E-state index in [1.165, 1.54) is 6.42 Å². The summed E-state index contributed by atoms with van der Waals surface area (Å²) in [5.74, 6) is -0.576. The minimum Gasteiger partial charge on any atom is -0.347 e. The highest BCUT2D eigenvalue weighted by molar-refractivity contribution is 9.10. The summed E-state index contributed by atoms with van der Waals surface area (Å²) in [6.45, 7) is 2.02. The molecule has 148 valence electrons. The van der Waals surface area contributed by atoms with Crippen LogP contribution in [0.5, 0.6) is 0 Å². The quantitative estimate of drug-likeness (QED) is 0.526. The zero-order chi connectivity index (χ0) is 19.6. The normalized spacial score (nSPS) is 14.3. The van der Waals surface area contributed by atoms with Gasteiger partial charge in [-0.3, -0.25) is 9.59 Å². The third-order valence-corrected chi connectivity index (χ3v) is 4.98. The lowest BCUT2D eigenvalue weighted by Crippen LogP contribution is -2.44. The maximum Gasteiger partial charge on any atom is 0.315 e. The Bertz CT molecular complexity index is 675. The molecule has 27 heavy (non-hydrogen) atoms. The van der Waals surface area contributed by atoms with E-state index < -0.39 is 0 Å². The van der Waals surface area contributed by atoms with E-state index in [4.69, 9.17) is 0 Å². The lowest BCUT2D eigenvalue weighted by atomic mass is 9.96. The van der Waals surface area contributed by atoms with E-state index in [9.17, 15) is 14.4 Å². The predicted molar refractivity (Wildman–Crippen MR) is 109 cm³/mol. The summed E-state index contributed by atoms with van der Waals surface area (Å²) in [7, 11) is 0. The average molecular weight is 439 g/mol. The first kappa shape index (κ1) is 21.2. The van der Waals surface area contributed by atoms with E-state index in [-0.39, 0.29) is 43.4 Å². The molecular formula is C19H27BrN4O3. The van der Waals surface area contributed by atoms with Crippen molar-refractivity contribution in [1.29, 1.82) is 0 Å². The fourth-order valence-corrected chi connectivity index (χ4v) is 3.48. The Morgan fingerprint density at radius 1 is 1.07 bits per heavy atom. The van der Waals surface area contributed by atoms with Gasteiger partial charge in [0.1, 0.15) is 0 Å². The molecule has 1 saturated carbocycles. The SMILES string of the molecule is Cc1cc(Br)ccc1NC(=O)CNC(=O)CCNC(=O)NC1CCCCC1. The lowest BCUT2D eigenvalue weighted by Gasteiger charge is -2.22. The highest BCUT2D eigenvalue weighted by atomic mass is 79.9. The summed E-state index contributed by atoms with van der Waals surface area (Å²) in [5, 5.41) is 10.9. The second kappa shape index (κ2) is 10.9. The standard InChI is InChI=1S/C19H27BrN4O3/c1-13-11-14(20)7-8-16(13)24-18(26)12-22-17(25)9-10-21-19(27)23-15-5-3-2-4-6-15/h7-8,11,15H,2-6,9-10,12H2,1H3,(H,22,25)(H,24,26)(H2,21,23,27). The van der Waals surface area contributed by atoms with Crippen LogP contribution in [0.2, 0.25) is 0 Å². The molecule has 0 unspecified atom stereocenters. The second-order valence-corrected chi connectivity index (χ2v) is 7.68. The van der Waals surface area contributed by atoms with Crippen molar-refractivity contribution < 1.29 is 14.4 Å². The summed E-state index contributed by atoms with van der Waals surface area (Å²) in [6.07, 6.45) is 5.68. The van der Waals surface area contributed by atoms with Gasteiger partial charge in [0.2, 0.25) is 11.8 Å². The van der Waals surface area contributed by atoms with Crippen LogP contribution in [0.1, 0.15) is 44.1 Å². The third kappa shape index (κ3) is 7.99. The molecule has 1 aromatic rings. The van der Waals surface area contributed by atoms with Crippen LogP contribution >= 0.6 is 15.9 Å². The largest absolute Gasteiger partial charge is 0.347 e. The van der Waals surface area contributed by atoms with Crippen LogP contribution in [0.4, 0.5) is 10.5 Å². The molecule has 0 saturated heterocycles. The zero-order valence-corrected chi connectivity index (χ0v) is 17.2. The Hall–Kier alpha value is -2.09. The molecule has 7 nitrogen and oxygen atoms in total. The fraction of sp³-hybridized carbons (Fsp3) is 0.526. The number of hydrogen-bond acceptors (Lipinski definition) is 3. The van der Waals surface area contributed by atoms with Gasteiger partial charge in [0.25, 0.3) is 0 Å². The van der Waals surface area contributed by atoms with Crippen LogP contribution in [0, 0.1) is 6.92 Å². The van der Waals surface area contributed by atoms with Crippen LogP contribution in [0.3, 0.4) is 0 Å². The van der Waals surface area contributed by atoms with Crippen LogP contribution in [-0.2, 0) is 9.59 Å². The number of aryl methyl sites for hydroxylation is 1. The van der Waals surface area contributed by atoms with Gasteiger partial charge in [0.15, 0.2) is 0 Å². The summed E-state index contributed by atoms with van der Waals surface area (Å²) >= 11 is 3.37. The maximum absolute atomic E-state index is 11.9. The molecule has 0 aromatic heterocycles. The fourth-order valence-electron chi connectivity index (χ4n) is 3.00. The zero-order valence-electron chi connectivity index (χ0n) is 15.6. The van der Waals surface area contributed by atoms with Gasteiger partial charge in [0.05, 0.1) is 6.54 Å². The van der Waals surface area contributed by atoms with E-state index in [0.717, 1.165) is 35.7 Å². The lowest BCUT2D eigenvalue weighted by molar-refractivity contribution is -0.124. The molecule has 0 aliphatic heterocycles. The predicted octanol–water partition coefficient (Wildman–Crippen LogP) is 2.83. The number of urea groups is 1. The maximum atomic E-state index is 11.9. The monoisotopic (exact) mass is 438 g/mol. The van der Waals surface area contributed by atoms with Crippen molar-refractivity contribution in [2.24, 2.45) is 0 Å². The Labute approximate surface area is 168 Å². The summed E-state index contributed by atoms with van der Waals surface area (Å²) in [4.78, 5) is 35.6. The van der Waals surface area contributed by atoms with E-state index in [0.29, 0.717) is 5.69 Å². The average Bonchev–Trinajstić information content (AvgIpc) is 2.63. The van der Waals surface area contributed by atoms with Gasteiger partial charge in [-0.25, -0.2) is 4.79 Å². The number of carbonyl (C=O) groups excluding carboxylic acids is 3. The van der Waals surface area contributed by atoms with Gasteiger partial charge in [-0.1, -0.05) is 35.2 Å². The molecule has 8 heteroatoms. The molecule has 4 N–H and O–H groups in total. The number of anilines is 1. The first-order valence-corrected chi connectivity index (χ1v) is 10.1. The van der Waals surface area contributed by atoms with Crippen LogP contribution in [0.15, 0.2) is 22.7 Å². The molecular weight excluding hydrogens is 412 g/mol. The molecule has 0 heterocycles. The number of carbonyl (C=O) groups is 3. The van der Waals surface area contributed by atoms with Crippen LogP contribution in [-0.4, -0.2) is 37.0 Å². The third-order valence-electron chi connectivity index (χ3n) is 4.49. The summed E-state index contributed by atoms with van der Waals surface area (Å²) < 4.78 is 0.936. The highest BCUT2D eigenvalue weighted by Crippen LogP contribution is 2.19. The minimum atomic E-state index is -0.295. The molecule has 2 rings (SSSR count). The van der Waals surface area contributed by atoms with Crippen molar-refractivity contribution in [2.75, 3.05) is 18.4 Å². The Morgan fingerprint density at radius 2 is 1.81 bits per heavy atom. The summed E-state index contributed by atoms with van der Waals surface area (Å²) in [5.41, 5.74) is 1.63. The first-order chi connectivity index (χ1) is 12.9. The van der Waals surface area contributed by atoms with Crippen molar-refractivity contribution in [3.05, 3.63) is 28.2 Å². The van der Waals surface area contributed by atoms with Gasteiger partial charge in [-0.15, -0.1) is 0 Å². The second-order valence-electron chi connectivity index (χ2n) is 6.77. The van der Waals surface area contributed by atoms with E-state index >= 15 is 0 Å². The molecule has 1 aliphatic carbocycles. The van der Waals surface area contributed by atoms with Crippen molar-refractivity contribution >= 4 is 39.5 Å². The molecule has 0 bridgehead atoms. The number of amides is 4. The van der Waals surface area contributed by atoms with Crippen LogP contribution < -0.4 is 21.3 Å². The van der Waals surface area contributed by atoms with Gasteiger partial charge in [-0.05, 0) is 43.5 Å². The molecule has 0 radical (unpaired) electrons. The number of hydrogen-bond donors (Lipinski definition) is 4. The number of rotatable bonds is 7. The molecule has 1 aromatic carbocycles. The molecule has 1 fully saturated rings.